The minimum Gasteiger partial charge on any atom is -0.466 e. The first kappa shape index (κ1) is 18.3. The molecule has 0 radical (unpaired) electrons. The van der Waals surface area contributed by atoms with E-state index in [1.54, 1.807) is 19.9 Å². The summed E-state index contributed by atoms with van der Waals surface area (Å²) in [4.78, 5) is 24.0. The average Bonchev–Trinajstić information content (AvgIpc) is 2.90. The molecule has 1 heterocycles. The number of carbonyl (C=O) groups is 2. The standard InChI is InChI=1S/C18H20BrNO4/c1-4-16(13-5-7-14(19)8-6-13)20-17(21)10-23-18(22)15-9-11(2)24-12(15)3/h5-9,16H,4,10H2,1-3H3,(H,20,21)/t16-/m0/s1. The van der Waals surface area contributed by atoms with E-state index in [-0.39, 0.29) is 18.6 Å². The van der Waals surface area contributed by atoms with Crippen LogP contribution in [0.15, 0.2) is 39.2 Å². The molecule has 0 unspecified atom stereocenters. The van der Waals surface area contributed by atoms with Crippen molar-refractivity contribution in [2.75, 3.05) is 6.61 Å². The maximum atomic E-state index is 12.1. The first-order valence-electron chi connectivity index (χ1n) is 7.69. The molecule has 1 N–H and O–H groups in total. The maximum absolute atomic E-state index is 12.1. The fraction of sp³-hybridized carbons (Fsp3) is 0.333. The molecular formula is C18H20BrNO4. The van der Waals surface area contributed by atoms with Crippen LogP contribution < -0.4 is 5.32 Å². The molecule has 5 nitrogen and oxygen atoms in total. The Hall–Kier alpha value is -2.08. The molecule has 1 atom stereocenters. The van der Waals surface area contributed by atoms with Gasteiger partial charge >= 0.3 is 5.97 Å². The van der Waals surface area contributed by atoms with Gasteiger partial charge in [0.2, 0.25) is 0 Å². The van der Waals surface area contributed by atoms with Crippen molar-refractivity contribution < 1.29 is 18.7 Å². The first-order valence-corrected chi connectivity index (χ1v) is 8.49. The van der Waals surface area contributed by atoms with Crippen molar-refractivity contribution in [3.63, 3.8) is 0 Å². The summed E-state index contributed by atoms with van der Waals surface area (Å²) >= 11 is 3.39. The lowest BCUT2D eigenvalue weighted by atomic mass is 10.0. The molecule has 128 valence electrons. The van der Waals surface area contributed by atoms with Gasteiger partial charge in [-0.3, -0.25) is 4.79 Å². The monoisotopic (exact) mass is 393 g/mol. The van der Waals surface area contributed by atoms with Gasteiger partial charge in [-0.2, -0.15) is 0 Å². The second-order valence-electron chi connectivity index (χ2n) is 5.48. The molecule has 2 rings (SSSR count). The van der Waals surface area contributed by atoms with Crippen molar-refractivity contribution in [1.82, 2.24) is 5.32 Å². The van der Waals surface area contributed by atoms with E-state index in [0.717, 1.165) is 16.5 Å². The predicted octanol–water partition coefficient (Wildman–Crippen LogP) is 4.08. The third kappa shape index (κ3) is 4.71. The number of amides is 1. The van der Waals surface area contributed by atoms with E-state index in [1.165, 1.54) is 0 Å². The number of halogens is 1. The number of ether oxygens (including phenoxy) is 1. The minimum absolute atomic E-state index is 0.123. The molecule has 0 aliphatic rings. The van der Waals surface area contributed by atoms with E-state index < -0.39 is 5.97 Å². The van der Waals surface area contributed by atoms with Crippen molar-refractivity contribution in [2.24, 2.45) is 0 Å². The van der Waals surface area contributed by atoms with Crippen molar-refractivity contribution in [3.05, 3.63) is 57.5 Å². The van der Waals surface area contributed by atoms with Crippen LogP contribution in [-0.2, 0) is 9.53 Å². The Morgan fingerprint density at radius 2 is 1.92 bits per heavy atom. The second kappa shape index (κ2) is 8.15. The van der Waals surface area contributed by atoms with Crippen LogP contribution in [0.3, 0.4) is 0 Å². The Labute approximate surface area is 149 Å². The van der Waals surface area contributed by atoms with Crippen LogP contribution >= 0.6 is 15.9 Å². The molecule has 0 bridgehead atoms. The molecule has 0 saturated heterocycles. The predicted molar refractivity (Wildman–Crippen MR) is 93.8 cm³/mol. The van der Waals surface area contributed by atoms with Gasteiger partial charge in [-0.25, -0.2) is 4.79 Å². The molecular weight excluding hydrogens is 374 g/mol. The van der Waals surface area contributed by atoms with Crippen molar-refractivity contribution in [2.45, 2.75) is 33.2 Å². The molecule has 0 aliphatic heterocycles. The summed E-state index contributed by atoms with van der Waals surface area (Å²) < 4.78 is 11.3. The highest BCUT2D eigenvalue weighted by Gasteiger charge is 2.18. The molecule has 1 amide bonds. The van der Waals surface area contributed by atoms with Crippen LogP contribution in [0.5, 0.6) is 0 Å². The van der Waals surface area contributed by atoms with Crippen LogP contribution in [0, 0.1) is 13.8 Å². The van der Waals surface area contributed by atoms with Gasteiger partial charge in [-0.15, -0.1) is 0 Å². The van der Waals surface area contributed by atoms with Crippen LogP contribution in [0.4, 0.5) is 0 Å². The molecule has 2 aromatic rings. The Balaban J connectivity index is 1.91. The second-order valence-corrected chi connectivity index (χ2v) is 6.40. The lowest BCUT2D eigenvalue weighted by molar-refractivity contribution is -0.125. The van der Waals surface area contributed by atoms with E-state index in [4.69, 9.17) is 9.15 Å². The van der Waals surface area contributed by atoms with Crippen LogP contribution in [0.2, 0.25) is 0 Å². The highest BCUT2D eigenvalue weighted by Crippen LogP contribution is 2.19. The number of furan rings is 1. The van der Waals surface area contributed by atoms with Gasteiger partial charge in [0.25, 0.3) is 5.91 Å². The SMILES string of the molecule is CC[C@H](NC(=O)COC(=O)c1cc(C)oc1C)c1ccc(Br)cc1. The lowest BCUT2D eigenvalue weighted by Gasteiger charge is -2.17. The Bertz CT molecular complexity index is 721. The van der Waals surface area contributed by atoms with Crippen LogP contribution in [-0.4, -0.2) is 18.5 Å². The highest BCUT2D eigenvalue weighted by molar-refractivity contribution is 9.10. The van der Waals surface area contributed by atoms with Crippen molar-refractivity contribution in [3.8, 4) is 0 Å². The molecule has 0 saturated carbocycles. The largest absolute Gasteiger partial charge is 0.466 e. The minimum atomic E-state index is -0.559. The summed E-state index contributed by atoms with van der Waals surface area (Å²) in [5, 5.41) is 2.87. The molecule has 1 aromatic carbocycles. The van der Waals surface area contributed by atoms with Crippen molar-refractivity contribution >= 4 is 27.8 Å². The summed E-state index contributed by atoms with van der Waals surface area (Å²) in [5.74, 6) is 0.219. The molecule has 1 aromatic heterocycles. The average molecular weight is 394 g/mol. The van der Waals surface area contributed by atoms with E-state index in [0.29, 0.717) is 17.1 Å². The number of benzene rings is 1. The number of hydrogen-bond acceptors (Lipinski definition) is 4. The van der Waals surface area contributed by atoms with Crippen LogP contribution in [0.1, 0.15) is 46.8 Å². The first-order chi connectivity index (χ1) is 11.4. The van der Waals surface area contributed by atoms with Gasteiger partial charge in [-0.1, -0.05) is 35.0 Å². The zero-order valence-corrected chi connectivity index (χ0v) is 15.5. The van der Waals surface area contributed by atoms with Gasteiger partial charge in [-0.05, 0) is 44.0 Å². The summed E-state index contributed by atoms with van der Waals surface area (Å²) in [6.07, 6.45) is 0.737. The van der Waals surface area contributed by atoms with Gasteiger partial charge in [0.15, 0.2) is 6.61 Å². The Kier molecular flexibility index (Phi) is 6.20. The maximum Gasteiger partial charge on any atom is 0.342 e. The lowest BCUT2D eigenvalue weighted by Crippen LogP contribution is -2.32. The number of carbonyl (C=O) groups excluding carboxylic acids is 2. The Morgan fingerprint density at radius 3 is 2.46 bits per heavy atom. The normalized spacial score (nSPS) is 11.8. The summed E-state index contributed by atoms with van der Waals surface area (Å²) in [5.41, 5.74) is 1.35. The van der Waals surface area contributed by atoms with E-state index in [2.05, 4.69) is 21.2 Å². The molecule has 0 spiro atoms. The summed E-state index contributed by atoms with van der Waals surface area (Å²) in [7, 11) is 0. The van der Waals surface area contributed by atoms with Crippen LogP contribution in [0.25, 0.3) is 0 Å². The quantitative estimate of drug-likeness (QED) is 0.750. The zero-order valence-electron chi connectivity index (χ0n) is 13.9. The number of aryl methyl sites for hydroxylation is 2. The summed E-state index contributed by atoms with van der Waals surface area (Å²) in [6.45, 7) is 5.09. The number of esters is 1. The molecule has 24 heavy (non-hydrogen) atoms. The van der Waals surface area contributed by atoms with Gasteiger partial charge in [0.1, 0.15) is 17.1 Å². The fourth-order valence-electron chi connectivity index (χ4n) is 2.39. The third-order valence-electron chi connectivity index (χ3n) is 3.61. The molecule has 6 heteroatoms. The number of rotatable bonds is 6. The highest BCUT2D eigenvalue weighted by atomic mass is 79.9. The van der Waals surface area contributed by atoms with Gasteiger partial charge < -0.3 is 14.5 Å². The van der Waals surface area contributed by atoms with Crippen molar-refractivity contribution in [1.29, 1.82) is 0 Å². The van der Waals surface area contributed by atoms with E-state index >= 15 is 0 Å². The zero-order chi connectivity index (χ0) is 17.7. The summed E-state index contributed by atoms with van der Waals surface area (Å²) in [6, 6.07) is 9.22. The van der Waals surface area contributed by atoms with Gasteiger partial charge in [0, 0.05) is 4.47 Å². The van der Waals surface area contributed by atoms with E-state index in [1.807, 2.05) is 31.2 Å². The number of nitrogens with one attached hydrogen (secondary N) is 1. The topological polar surface area (TPSA) is 68.5 Å². The smallest absolute Gasteiger partial charge is 0.342 e. The van der Waals surface area contributed by atoms with Gasteiger partial charge in [0.05, 0.1) is 6.04 Å². The Morgan fingerprint density at radius 1 is 1.25 bits per heavy atom. The number of hydrogen-bond donors (Lipinski definition) is 1. The molecule has 0 aliphatic carbocycles. The fourth-order valence-corrected chi connectivity index (χ4v) is 2.66. The molecule has 0 fully saturated rings. The third-order valence-corrected chi connectivity index (χ3v) is 4.14. The van der Waals surface area contributed by atoms with E-state index in [9.17, 15) is 9.59 Å².